The van der Waals surface area contributed by atoms with Gasteiger partial charge in [-0.25, -0.2) is 4.79 Å². The number of amides is 2. The summed E-state index contributed by atoms with van der Waals surface area (Å²) in [5.74, 6) is -2.42. The van der Waals surface area contributed by atoms with E-state index >= 15 is 0 Å². The molecule has 1 aromatic carbocycles. The summed E-state index contributed by atoms with van der Waals surface area (Å²) in [6.45, 7) is 7.84. The molecular weight excluding hydrogens is 426 g/mol. The number of esters is 1. The lowest BCUT2D eigenvalue weighted by atomic mass is 9.96. The zero-order valence-corrected chi connectivity index (χ0v) is 19.7. The van der Waals surface area contributed by atoms with E-state index in [1.807, 2.05) is 13.8 Å². The van der Waals surface area contributed by atoms with Gasteiger partial charge in [-0.2, -0.15) is 0 Å². The van der Waals surface area contributed by atoms with Crippen LogP contribution >= 0.6 is 0 Å². The third-order valence-electron chi connectivity index (χ3n) is 5.61. The average Bonchev–Trinajstić information content (AvgIpc) is 3.26. The number of benzene rings is 1. The quantitative estimate of drug-likeness (QED) is 0.340. The number of rotatable bonds is 11. The fourth-order valence-electron chi connectivity index (χ4n) is 3.93. The minimum atomic E-state index is -0.999. The first kappa shape index (κ1) is 26.3. The maximum absolute atomic E-state index is 12.8. The predicted octanol–water partition coefficient (Wildman–Crippen LogP) is 2.02. The summed E-state index contributed by atoms with van der Waals surface area (Å²) in [5, 5.41) is 15.0. The molecule has 1 aliphatic rings. The Bertz CT molecular complexity index is 829. The Balaban J connectivity index is 1.92. The number of likely N-dealkylation sites (tertiary alicyclic amines) is 1. The smallest absolute Gasteiger partial charge is 0.326 e. The van der Waals surface area contributed by atoms with Crippen molar-refractivity contribution in [1.82, 2.24) is 15.5 Å². The zero-order valence-electron chi connectivity index (χ0n) is 19.7. The van der Waals surface area contributed by atoms with E-state index in [4.69, 9.17) is 4.74 Å². The minimum Gasteiger partial charge on any atom is -0.480 e. The van der Waals surface area contributed by atoms with Gasteiger partial charge in [0.15, 0.2) is 6.23 Å². The molecule has 0 spiro atoms. The van der Waals surface area contributed by atoms with Gasteiger partial charge in [0.1, 0.15) is 6.04 Å². The Hall–Kier alpha value is -2.94. The van der Waals surface area contributed by atoms with E-state index < -0.39 is 36.2 Å². The number of aliphatic carboxylic acids is 1. The Morgan fingerprint density at radius 3 is 2.39 bits per heavy atom. The zero-order chi connectivity index (χ0) is 24.5. The number of hydrogen-bond acceptors (Lipinski definition) is 6. The summed E-state index contributed by atoms with van der Waals surface area (Å²) >= 11 is 0. The van der Waals surface area contributed by atoms with Crippen molar-refractivity contribution >= 4 is 23.8 Å². The molecular formula is C24H35N3O6. The summed E-state index contributed by atoms with van der Waals surface area (Å²) in [6, 6.07) is 7.21. The second-order valence-corrected chi connectivity index (χ2v) is 8.90. The van der Waals surface area contributed by atoms with E-state index in [1.54, 1.807) is 44.2 Å². The van der Waals surface area contributed by atoms with E-state index in [0.717, 1.165) is 0 Å². The highest BCUT2D eigenvalue weighted by Gasteiger charge is 2.36. The number of ether oxygens (including phenoxy) is 1. The molecule has 4 atom stereocenters. The normalized spacial score (nSPS) is 18.5. The topological polar surface area (TPSA) is 125 Å². The van der Waals surface area contributed by atoms with Crippen LogP contribution in [0.4, 0.5) is 0 Å². The molecule has 1 heterocycles. The van der Waals surface area contributed by atoms with Crippen LogP contribution < -0.4 is 10.6 Å². The molecule has 1 aromatic rings. The van der Waals surface area contributed by atoms with E-state index in [2.05, 4.69) is 10.6 Å². The van der Waals surface area contributed by atoms with E-state index in [-0.39, 0.29) is 24.3 Å². The van der Waals surface area contributed by atoms with E-state index in [1.165, 1.54) is 4.90 Å². The molecule has 1 fully saturated rings. The Kier molecular flexibility index (Phi) is 9.84. The van der Waals surface area contributed by atoms with Crippen LogP contribution in [0.15, 0.2) is 30.3 Å². The monoisotopic (exact) mass is 461 g/mol. The van der Waals surface area contributed by atoms with Crippen molar-refractivity contribution in [2.45, 2.75) is 65.3 Å². The molecule has 9 nitrogen and oxygen atoms in total. The summed E-state index contributed by atoms with van der Waals surface area (Å²) < 4.78 is 5.46. The van der Waals surface area contributed by atoms with Crippen LogP contribution in [0.25, 0.3) is 0 Å². The number of carboxylic acid groups (broad SMARTS) is 1. The average molecular weight is 462 g/mol. The van der Waals surface area contributed by atoms with Gasteiger partial charge < -0.3 is 25.4 Å². The van der Waals surface area contributed by atoms with Crippen LogP contribution in [-0.2, 0) is 19.1 Å². The number of nitrogens with one attached hydrogen (secondary N) is 2. The molecule has 2 rings (SSSR count). The lowest BCUT2D eigenvalue weighted by molar-refractivity contribution is -0.154. The van der Waals surface area contributed by atoms with Gasteiger partial charge in [0.25, 0.3) is 5.91 Å². The Labute approximate surface area is 194 Å². The van der Waals surface area contributed by atoms with Crippen molar-refractivity contribution in [1.29, 1.82) is 0 Å². The highest BCUT2D eigenvalue weighted by molar-refractivity contribution is 5.94. The van der Waals surface area contributed by atoms with Crippen LogP contribution in [0.3, 0.4) is 0 Å². The Morgan fingerprint density at radius 1 is 1.12 bits per heavy atom. The highest BCUT2D eigenvalue weighted by Crippen LogP contribution is 2.19. The molecule has 0 radical (unpaired) electrons. The standard InChI is InChI=1S/C24H35N3O6/c1-15(2)13-19(14-25-16(3)22(29)27-12-8-11-20(27)23(30)31)24(32)33-17(4)26-21(28)18-9-6-5-7-10-18/h5-7,9-10,15-17,19-20,25H,8,11-14H2,1-4H3,(H,26,28)(H,30,31)/t16-,17?,19?,20-/m0/s1. The number of carbonyl (C=O) groups excluding carboxylic acids is 3. The largest absolute Gasteiger partial charge is 0.480 e. The number of nitrogens with zero attached hydrogens (tertiary/aromatic N) is 1. The summed E-state index contributed by atoms with van der Waals surface area (Å²) in [4.78, 5) is 50.6. The van der Waals surface area contributed by atoms with Gasteiger partial charge in [0, 0.05) is 18.7 Å². The van der Waals surface area contributed by atoms with Crippen LogP contribution in [-0.4, -0.2) is 65.2 Å². The van der Waals surface area contributed by atoms with Gasteiger partial charge in [-0.3, -0.25) is 14.4 Å². The second kappa shape index (κ2) is 12.3. The maximum Gasteiger partial charge on any atom is 0.326 e. The molecule has 0 bridgehead atoms. The van der Waals surface area contributed by atoms with Crippen molar-refractivity contribution in [2.75, 3.05) is 13.1 Å². The van der Waals surface area contributed by atoms with Crippen molar-refractivity contribution in [3.05, 3.63) is 35.9 Å². The molecule has 33 heavy (non-hydrogen) atoms. The molecule has 1 saturated heterocycles. The molecule has 0 aromatic heterocycles. The molecule has 9 heteroatoms. The molecule has 2 unspecified atom stereocenters. The van der Waals surface area contributed by atoms with E-state index in [0.29, 0.717) is 31.4 Å². The van der Waals surface area contributed by atoms with Gasteiger partial charge in [-0.05, 0) is 51.2 Å². The fourth-order valence-corrected chi connectivity index (χ4v) is 3.93. The number of carbonyl (C=O) groups is 4. The van der Waals surface area contributed by atoms with Gasteiger partial charge in [-0.15, -0.1) is 0 Å². The second-order valence-electron chi connectivity index (χ2n) is 8.90. The third-order valence-corrected chi connectivity index (χ3v) is 5.61. The summed E-state index contributed by atoms with van der Waals surface area (Å²) in [6.07, 6.45) is 0.820. The molecule has 3 N–H and O–H groups in total. The molecule has 182 valence electrons. The van der Waals surface area contributed by atoms with Crippen LogP contribution in [0.2, 0.25) is 0 Å². The molecule has 0 saturated carbocycles. The van der Waals surface area contributed by atoms with Crippen molar-refractivity contribution in [2.24, 2.45) is 11.8 Å². The minimum absolute atomic E-state index is 0.203. The highest BCUT2D eigenvalue weighted by atomic mass is 16.6. The lowest BCUT2D eigenvalue weighted by Crippen LogP contribution is -2.50. The summed E-state index contributed by atoms with van der Waals surface area (Å²) in [7, 11) is 0. The maximum atomic E-state index is 12.8. The van der Waals surface area contributed by atoms with Crippen LogP contribution in [0.5, 0.6) is 0 Å². The number of hydrogen-bond donors (Lipinski definition) is 3. The van der Waals surface area contributed by atoms with Crippen molar-refractivity contribution < 1.29 is 29.0 Å². The lowest BCUT2D eigenvalue weighted by Gasteiger charge is -2.27. The third kappa shape index (κ3) is 7.85. The summed E-state index contributed by atoms with van der Waals surface area (Å²) in [5.41, 5.74) is 0.467. The number of carboxylic acids is 1. The SMILES string of the molecule is CC(C)CC(CN[C@@H](C)C(=O)N1CCC[C@H]1C(=O)O)C(=O)OC(C)NC(=O)c1ccccc1. The first-order valence-electron chi connectivity index (χ1n) is 11.4. The van der Waals surface area contributed by atoms with Gasteiger partial charge >= 0.3 is 11.9 Å². The van der Waals surface area contributed by atoms with Gasteiger partial charge in [0.2, 0.25) is 5.91 Å². The fraction of sp³-hybridized carbons (Fsp3) is 0.583. The first-order valence-corrected chi connectivity index (χ1v) is 11.4. The van der Waals surface area contributed by atoms with Gasteiger partial charge in [-0.1, -0.05) is 32.0 Å². The van der Waals surface area contributed by atoms with Crippen LogP contribution in [0.1, 0.15) is 57.3 Å². The van der Waals surface area contributed by atoms with Crippen LogP contribution in [0, 0.1) is 11.8 Å². The molecule has 1 aliphatic heterocycles. The van der Waals surface area contributed by atoms with Gasteiger partial charge in [0.05, 0.1) is 12.0 Å². The molecule has 2 amide bonds. The first-order chi connectivity index (χ1) is 15.6. The molecule has 0 aliphatic carbocycles. The Morgan fingerprint density at radius 2 is 1.79 bits per heavy atom. The van der Waals surface area contributed by atoms with Crippen molar-refractivity contribution in [3.63, 3.8) is 0 Å². The van der Waals surface area contributed by atoms with Crippen molar-refractivity contribution in [3.8, 4) is 0 Å². The predicted molar refractivity (Wildman–Crippen MR) is 122 cm³/mol. The van der Waals surface area contributed by atoms with E-state index in [9.17, 15) is 24.3 Å².